The topological polar surface area (TPSA) is 183 Å². The minimum absolute atomic E-state index is 0.318. The Morgan fingerprint density at radius 2 is 1.11 bits per heavy atom. The number of nitrogens with zero attached hydrogens (tertiary/aromatic N) is 11. The van der Waals surface area contributed by atoms with Crippen LogP contribution in [0.1, 0.15) is 22.3 Å². The number of hydrogen-bond donors (Lipinski definition) is 2. The van der Waals surface area contributed by atoms with Crippen molar-refractivity contribution in [3.63, 3.8) is 0 Å². The second kappa shape index (κ2) is 22.4. The van der Waals surface area contributed by atoms with E-state index in [-0.39, 0.29) is 12.2 Å². The Kier molecular flexibility index (Phi) is 15.1. The van der Waals surface area contributed by atoms with Crippen LogP contribution in [-0.2, 0) is 49.2 Å². The molecule has 8 aromatic rings. The molecule has 2 aliphatic rings. The lowest BCUT2D eigenvalue weighted by molar-refractivity contribution is 0.129. The number of aryl methyl sites for hydroxylation is 1. The third-order valence-corrected chi connectivity index (χ3v) is 12.6. The normalized spacial score (nSPS) is 15.4. The lowest BCUT2D eigenvalue weighted by Gasteiger charge is -2.14. The average molecular weight is 964 g/mol. The molecule has 2 aliphatic heterocycles. The number of pyridine rings is 2. The fourth-order valence-corrected chi connectivity index (χ4v) is 8.64. The van der Waals surface area contributed by atoms with E-state index in [1.54, 1.807) is 71.8 Å². The van der Waals surface area contributed by atoms with E-state index < -0.39 is 23.8 Å². The van der Waals surface area contributed by atoms with Crippen LogP contribution in [-0.4, -0.2) is 88.2 Å². The van der Waals surface area contributed by atoms with Crippen LogP contribution in [0.5, 0.6) is 0 Å². The van der Waals surface area contributed by atoms with Crippen molar-refractivity contribution in [2.24, 2.45) is 7.05 Å². The highest BCUT2D eigenvalue weighted by Gasteiger charge is 2.34. The van der Waals surface area contributed by atoms with Crippen molar-refractivity contribution in [2.45, 2.75) is 50.1 Å². The van der Waals surface area contributed by atoms with Crippen LogP contribution in [0.3, 0.4) is 0 Å². The third kappa shape index (κ3) is 12.0. The van der Waals surface area contributed by atoms with Gasteiger partial charge in [0.05, 0.1) is 31.0 Å². The van der Waals surface area contributed by atoms with Gasteiger partial charge in [0.2, 0.25) is 5.16 Å². The van der Waals surface area contributed by atoms with E-state index >= 15 is 4.39 Å². The maximum absolute atomic E-state index is 15.1. The fraction of sp³-hybridized carbons (Fsp3) is 0.220. The van der Waals surface area contributed by atoms with E-state index in [1.807, 2.05) is 72.8 Å². The minimum atomic E-state index is -0.499. The van der Waals surface area contributed by atoms with Crippen LogP contribution in [0.15, 0.2) is 152 Å². The molecule has 2 fully saturated rings. The monoisotopic (exact) mass is 963 g/mol. The van der Waals surface area contributed by atoms with Crippen molar-refractivity contribution in [3.8, 4) is 22.3 Å². The summed E-state index contributed by atoms with van der Waals surface area (Å²) in [4.78, 5) is 39.5. The van der Waals surface area contributed by atoms with Crippen molar-refractivity contribution in [1.29, 1.82) is 0 Å². The molecule has 2 saturated heterocycles. The minimum Gasteiger partial charge on any atom is -0.443 e. The summed E-state index contributed by atoms with van der Waals surface area (Å²) in [6, 6.07) is 33.1. The Bertz CT molecular complexity index is 2990. The smallest absolute Gasteiger partial charge is 0.414 e. The Morgan fingerprint density at radius 1 is 0.629 bits per heavy atom. The number of aromatic nitrogens is 9. The van der Waals surface area contributed by atoms with Crippen LogP contribution >= 0.6 is 11.8 Å². The number of rotatable bonds is 17. The van der Waals surface area contributed by atoms with E-state index in [0.717, 1.165) is 35.3 Å². The van der Waals surface area contributed by atoms with Crippen molar-refractivity contribution in [1.82, 2.24) is 55.6 Å². The summed E-state index contributed by atoms with van der Waals surface area (Å²) in [5, 5.41) is 22.7. The maximum Gasteiger partial charge on any atom is 0.414 e. The molecule has 10 rings (SSSR count). The summed E-state index contributed by atoms with van der Waals surface area (Å²) in [6.45, 7) is 3.95. The number of amides is 2. The Labute approximate surface area is 405 Å². The Hall–Kier alpha value is -7.94. The lowest BCUT2D eigenvalue weighted by atomic mass is 10.0. The van der Waals surface area contributed by atoms with Crippen molar-refractivity contribution in [3.05, 3.63) is 181 Å². The van der Waals surface area contributed by atoms with Gasteiger partial charge < -0.3 is 20.1 Å². The SMILES string of the molecule is Cn1nnnc1SC[C@H]1CN(c2ccc(-c3ccc(CNCc4ccncc4)cc3)c(F)c2)C(=O)O1.O=C1O[C@@H](Cn2cncn2)CN1c1ccc(-c2ccc(CNCc3ccncc3)cc2)c(F)c1. The Balaban J connectivity index is 0.000000174. The van der Waals surface area contributed by atoms with Crippen LogP contribution in [0, 0.1) is 11.6 Å². The highest BCUT2D eigenvalue weighted by Crippen LogP contribution is 2.32. The van der Waals surface area contributed by atoms with Gasteiger partial charge in [-0.15, -0.1) is 5.10 Å². The van der Waals surface area contributed by atoms with Crippen LogP contribution < -0.4 is 20.4 Å². The number of ether oxygens (including phenoxy) is 2. The number of hydrogen-bond acceptors (Lipinski definition) is 14. The molecular weight excluding hydrogens is 917 g/mol. The first kappa shape index (κ1) is 47.1. The number of nitrogens with one attached hydrogen (secondary N) is 2. The molecule has 0 saturated carbocycles. The second-order valence-corrected chi connectivity index (χ2v) is 17.4. The number of anilines is 2. The predicted octanol–water partition coefficient (Wildman–Crippen LogP) is 7.61. The summed E-state index contributed by atoms with van der Waals surface area (Å²) in [7, 11) is 1.74. The summed E-state index contributed by atoms with van der Waals surface area (Å²) in [5.41, 5.74) is 7.96. The molecule has 17 nitrogen and oxygen atoms in total. The van der Waals surface area contributed by atoms with Gasteiger partial charge in [0.25, 0.3) is 0 Å². The molecule has 2 N–H and O–H groups in total. The van der Waals surface area contributed by atoms with E-state index in [1.165, 1.54) is 51.1 Å². The zero-order chi connectivity index (χ0) is 48.2. The van der Waals surface area contributed by atoms with Crippen LogP contribution in [0.4, 0.5) is 29.7 Å². The first-order chi connectivity index (χ1) is 34.2. The van der Waals surface area contributed by atoms with Gasteiger partial charge in [-0.1, -0.05) is 60.3 Å². The van der Waals surface area contributed by atoms with Gasteiger partial charge in [-0.25, -0.2) is 32.7 Å². The molecule has 4 aromatic heterocycles. The predicted molar refractivity (Wildman–Crippen MR) is 258 cm³/mol. The molecule has 356 valence electrons. The van der Waals surface area contributed by atoms with Gasteiger partial charge in [0.1, 0.15) is 36.5 Å². The van der Waals surface area contributed by atoms with Gasteiger partial charge in [0, 0.05) is 74.9 Å². The fourth-order valence-electron chi connectivity index (χ4n) is 7.81. The molecule has 20 heteroatoms. The standard InChI is InChI=1S/C25H24FN7O2S.C25H23FN6O2/c1-32-24(29-30-31-32)36-16-21-15-33(25(34)35-21)20-6-7-22(23(26)12-20)19-4-2-17(3-5-19)13-28-14-18-8-10-27-11-9-18;26-24-11-21(32-15-22(34-25(32)33)14-31-17-29-16-30-31)5-6-23(24)20-3-1-18(2-4-20)12-28-13-19-7-9-27-10-8-19/h2-12,21,28H,13-16H2,1H3;1-11,16-17,22,28H,12-15H2/t21-;22-/m10/s1. The molecular formula is C50H47F2N13O4S. The van der Waals surface area contributed by atoms with E-state index in [0.29, 0.717) is 66.1 Å². The van der Waals surface area contributed by atoms with Gasteiger partial charge in [0.15, 0.2) is 0 Å². The number of halogens is 2. The summed E-state index contributed by atoms with van der Waals surface area (Å²) < 4.78 is 44.1. The molecule has 0 bridgehead atoms. The number of benzene rings is 4. The number of carbonyl (C=O) groups is 2. The van der Waals surface area contributed by atoms with E-state index in [9.17, 15) is 14.0 Å². The molecule has 70 heavy (non-hydrogen) atoms. The third-order valence-electron chi connectivity index (χ3n) is 11.5. The van der Waals surface area contributed by atoms with Crippen molar-refractivity contribution in [2.75, 3.05) is 28.6 Å². The summed E-state index contributed by atoms with van der Waals surface area (Å²) >= 11 is 1.40. The molecule has 2 atom stereocenters. The molecule has 4 aromatic carbocycles. The molecule has 0 radical (unpaired) electrons. The van der Waals surface area contributed by atoms with Gasteiger partial charge >= 0.3 is 12.2 Å². The van der Waals surface area contributed by atoms with Crippen LogP contribution in [0.2, 0.25) is 0 Å². The highest BCUT2D eigenvalue weighted by molar-refractivity contribution is 7.99. The number of tetrazole rings is 1. The summed E-state index contributed by atoms with van der Waals surface area (Å²) in [6.07, 6.45) is 8.36. The largest absolute Gasteiger partial charge is 0.443 e. The Morgan fingerprint density at radius 3 is 1.57 bits per heavy atom. The van der Waals surface area contributed by atoms with Gasteiger partial charge in [-0.05, 0) is 104 Å². The van der Waals surface area contributed by atoms with Crippen LogP contribution in [0.25, 0.3) is 22.3 Å². The lowest BCUT2D eigenvalue weighted by Crippen LogP contribution is -2.26. The van der Waals surface area contributed by atoms with Gasteiger partial charge in [-0.3, -0.25) is 19.8 Å². The molecule has 6 heterocycles. The second-order valence-electron chi connectivity index (χ2n) is 16.4. The van der Waals surface area contributed by atoms with Crippen molar-refractivity contribution >= 4 is 35.3 Å². The molecule has 0 aliphatic carbocycles. The van der Waals surface area contributed by atoms with Gasteiger partial charge in [-0.2, -0.15) is 5.10 Å². The number of cyclic esters (lactones) is 2. The molecule has 0 unspecified atom stereocenters. The first-order valence-corrected chi connectivity index (χ1v) is 23.3. The van der Waals surface area contributed by atoms with Crippen molar-refractivity contribution < 1.29 is 27.8 Å². The van der Waals surface area contributed by atoms with E-state index in [2.05, 4.69) is 46.2 Å². The zero-order valence-electron chi connectivity index (χ0n) is 37.9. The quantitative estimate of drug-likeness (QED) is 0.0851. The zero-order valence-corrected chi connectivity index (χ0v) is 38.7. The molecule has 2 amide bonds. The number of thioether (sulfide) groups is 1. The van der Waals surface area contributed by atoms with E-state index in [4.69, 9.17) is 9.47 Å². The number of carbonyl (C=O) groups excluding carboxylic acids is 2. The molecule has 0 spiro atoms. The average Bonchev–Trinajstić information content (AvgIpc) is 4.21. The first-order valence-electron chi connectivity index (χ1n) is 22.3. The highest BCUT2D eigenvalue weighted by atomic mass is 32.2. The maximum atomic E-state index is 15.1. The summed E-state index contributed by atoms with van der Waals surface area (Å²) in [5.74, 6) is -0.290.